The van der Waals surface area contributed by atoms with Crippen LogP contribution in [0, 0.1) is 13.8 Å². The minimum absolute atomic E-state index is 0.0824. The maximum atomic E-state index is 12.8. The summed E-state index contributed by atoms with van der Waals surface area (Å²) in [5.74, 6) is -0.114. The summed E-state index contributed by atoms with van der Waals surface area (Å²) < 4.78 is 14.8. The number of aryl methyl sites for hydroxylation is 2. The fourth-order valence-electron chi connectivity index (χ4n) is 4.86. The summed E-state index contributed by atoms with van der Waals surface area (Å²) in [4.78, 5) is 42.6. The van der Waals surface area contributed by atoms with Crippen molar-refractivity contribution in [1.29, 1.82) is 0 Å². The molecule has 0 amide bonds. The Hall–Kier alpha value is -3.26. The number of carbonyl (C=O) groups is 2. The molecule has 1 saturated heterocycles. The Morgan fingerprint density at radius 3 is 2.85 bits per heavy atom. The van der Waals surface area contributed by atoms with E-state index < -0.39 is 5.97 Å². The predicted octanol–water partition coefficient (Wildman–Crippen LogP) is 2.98. The van der Waals surface area contributed by atoms with E-state index in [2.05, 4.69) is 9.55 Å². The van der Waals surface area contributed by atoms with Crippen molar-refractivity contribution in [1.82, 2.24) is 14.1 Å². The van der Waals surface area contributed by atoms with Crippen molar-refractivity contribution in [3.8, 4) is 0 Å². The van der Waals surface area contributed by atoms with Crippen LogP contribution in [0.4, 0.5) is 0 Å². The van der Waals surface area contributed by atoms with Crippen LogP contribution in [0.1, 0.15) is 57.2 Å². The van der Waals surface area contributed by atoms with Gasteiger partial charge in [-0.3, -0.25) is 14.2 Å². The molecule has 2 aliphatic rings. The fourth-order valence-corrected chi connectivity index (χ4v) is 4.86. The molecule has 0 bridgehead atoms. The van der Waals surface area contributed by atoms with Crippen LogP contribution in [0.25, 0.3) is 10.9 Å². The van der Waals surface area contributed by atoms with Crippen molar-refractivity contribution >= 4 is 22.7 Å². The van der Waals surface area contributed by atoms with Gasteiger partial charge in [0.05, 0.1) is 22.6 Å². The zero-order valence-corrected chi connectivity index (χ0v) is 18.9. The number of aromatic nitrogens is 3. The van der Waals surface area contributed by atoms with Crippen LogP contribution in [-0.2, 0) is 29.0 Å². The number of rotatable bonds is 6. The van der Waals surface area contributed by atoms with Crippen LogP contribution < -0.4 is 5.56 Å². The second kappa shape index (κ2) is 8.59. The van der Waals surface area contributed by atoms with Gasteiger partial charge in [-0.05, 0) is 57.4 Å². The summed E-state index contributed by atoms with van der Waals surface area (Å²) in [5, 5.41) is 0.479. The molecule has 8 heteroatoms. The molecule has 4 heterocycles. The van der Waals surface area contributed by atoms with Crippen molar-refractivity contribution in [3.05, 3.63) is 63.0 Å². The zero-order valence-electron chi connectivity index (χ0n) is 18.9. The largest absolute Gasteiger partial charge is 0.454 e. The van der Waals surface area contributed by atoms with Crippen molar-refractivity contribution in [2.45, 2.75) is 58.7 Å². The van der Waals surface area contributed by atoms with Crippen LogP contribution in [0.15, 0.2) is 29.1 Å². The molecule has 2 aliphatic heterocycles. The standard InChI is InChI=1S/C25H27N3O5/c1-15-11-20(16(2)28(15)13-18-5-4-10-32-18)22(29)14-33-25(31)17-7-8-19-21(12-17)26-23-6-3-9-27(23)24(19)30/h7-8,11-12,18H,3-6,9-10,13-14H2,1-2H3/t18-/m0/s1. The molecule has 0 radical (unpaired) electrons. The van der Waals surface area contributed by atoms with Crippen molar-refractivity contribution < 1.29 is 19.1 Å². The van der Waals surface area contributed by atoms with E-state index in [1.54, 1.807) is 22.8 Å². The highest BCUT2D eigenvalue weighted by Crippen LogP contribution is 2.21. The van der Waals surface area contributed by atoms with Gasteiger partial charge in [-0.25, -0.2) is 9.78 Å². The Balaban J connectivity index is 1.29. The molecule has 1 aromatic carbocycles. The van der Waals surface area contributed by atoms with Crippen molar-refractivity contribution in [2.75, 3.05) is 13.2 Å². The molecule has 8 nitrogen and oxygen atoms in total. The van der Waals surface area contributed by atoms with E-state index in [1.807, 2.05) is 19.9 Å². The number of benzene rings is 1. The summed E-state index contributed by atoms with van der Waals surface area (Å²) in [7, 11) is 0. The summed E-state index contributed by atoms with van der Waals surface area (Å²) in [6.45, 7) is 5.71. The van der Waals surface area contributed by atoms with E-state index in [-0.39, 0.29) is 29.6 Å². The maximum Gasteiger partial charge on any atom is 0.338 e. The van der Waals surface area contributed by atoms with Gasteiger partial charge in [0.2, 0.25) is 5.78 Å². The fraction of sp³-hybridized carbons (Fsp3) is 0.440. The van der Waals surface area contributed by atoms with E-state index in [4.69, 9.17) is 9.47 Å². The highest BCUT2D eigenvalue weighted by molar-refractivity contribution is 6.01. The summed E-state index contributed by atoms with van der Waals surface area (Å²) in [6.07, 6.45) is 3.90. The van der Waals surface area contributed by atoms with Crippen LogP contribution in [-0.4, -0.2) is 45.2 Å². The zero-order chi connectivity index (χ0) is 23.1. The van der Waals surface area contributed by atoms with E-state index in [0.29, 0.717) is 23.0 Å². The van der Waals surface area contributed by atoms with Crippen LogP contribution in [0.5, 0.6) is 0 Å². The highest BCUT2D eigenvalue weighted by Gasteiger charge is 2.22. The Labute approximate surface area is 191 Å². The number of esters is 1. The lowest BCUT2D eigenvalue weighted by Gasteiger charge is -2.14. The van der Waals surface area contributed by atoms with E-state index in [0.717, 1.165) is 56.0 Å². The average molecular weight is 450 g/mol. The topological polar surface area (TPSA) is 92.4 Å². The monoisotopic (exact) mass is 449 g/mol. The molecule has 5 rings (SSSR count). The van der Waals surface area contributed by atoms with E-state index in [9.17, 15) is 14.4 Å². The summed E-state index contributed by atoms with van der Waals surface area (Å²) >= 11 is 0. The third-order valence-electron chi connectivity index (χ3n) is 6.67. The third-order valence-corrected chi connectivity index (χ3v) is 6.67. The first-order valence-corrected chi connectivity index (χ1v) is 11.4. The molecular weight excluding hydrogens is 422 g/mol. The molecule has 1 fully saturated rings. The van der Waals surface area contributed by atoms with Gasteiger partial charge in [-0.1, -0.05) is 0 Å². The molecule has 1 atom stereocenters. The van der Waals surface area contributed by atoms with Gasteiger partial charge in [-0.15, -0.1) is 0 Å². The number of nitrogens with zero attached hydrogens (tertiary/aromatic N) is 3. The number of hydrogen-bond acceptors (Lipinski definition) is 6. The van der Waals surface area contributed by atoms with E-state index in [1.165, 1.54) is 0 Å². The van der Waals surface area contributed by atoms with E-state index >= 15 is 0 Å². The minimum Gasteiger partial charge on any atom is -0.454 e. The smallest absolute Gasteiger partial charge is 0.338 e. The summed E-state index contributed by atoms with van der Waals surface area (Å²) in [5.41, 5.74) is 3.06. The number of ketones is 1. The molecule has 33 heavy (non-hydrogen) atoms. The number of carbonyl (C=O) groups excluding carboxylic acids is 2. The Bertz CT molecular complexity index is 1310. The molecular formula is C25H27N3O5. The van der Waals surface area contributed by atoms with Gasteiger partial charge < -0.3 is 14.0 Å². The second-order valence-electron chi connectivity index (χ2n) is 8.85. The summed E-state index contributed by atoms with van der Waals surface area (Å²) in [6, 6.07) is 6.56. The molecule has 0 N–H and O–H groups in total. The first-order valence-electron chi connectivity index (χ1n) is 11.4. The van der Waals surface area contributed by atoms with Crippen molar-refractivity contribution in [3.63, 3.8) is 0 Å². The van der Waals surface area contributed by atoms with Gasteiger partial charge >= 0.3 is 5.97 Å². The molecule has 0 spiro atoms. The first kappa shape index (κ1) is 21.6. The van der Waals surface area contributed by atoms with Crippen LogP contribution >= 0.6 is 0 Å². The first-order chi connectivity index (χ1) is 15.9. The lowest BCUT2D eigenvalue weighted by atomic mass is 10.1. The Morgan fingerprint density at radius 2 is 2.06 bits per heavy atom. The molecule has 172 valence electrons. The highest BCUT2D eigenvalue weighted by atomic mass is 16.5. The molecule has 3 aromatic rings. The van der Waals surface area contributed by atoms with Gasteiger partial charge in [-0.2, -0.15) is 0 Å². The SMILES string of the molecule is Cc1cc(C(=O)COC(=O)c2ccc3c(=O)n4c(nc3c2)CCC4)c(C)n1C[C@@H]1CCCO1. The number of hydrogen-bond donors (Lipinski definition) is 0. The number of ether oxygens (including phenoxy) is 2. The molecule has 0 aliphatic carbocycles. The quantitative estimate of drug-likeness (QED) is 0.424. The minimum atomic E-state index is -0.610. The maximum absolute atomic E-state index is 12.8. The van der Waals surface area contributed by atoms with Gasteiger partial charge in [0.25, 0.3) is 5.56 Å². The van der Waals surface area contributed by atoms with Gasteiger partial charge in [0.1, 0.15) is 5.82 Å². The normalized spacial score (nSPS) is 17.5. The Kier molecular flexibility index (Phi) is 5.62. The Morgan fingerprint density at radius 1 is 1.21 bits per heavy atom. The predicted molar refractivity (Wildman–Crippen MR) is 122 cm³/mol. The number of fused-ring (bicyclic) bond motifs is 2. The average Bonchev–Trinajstić information content (AvgIpc) is 3.55. The molecule has 2 aromatic heterocycles. The molecule has 0 saturated carbocycles. The van der Waals surface area contributed by atoms with Crippen LogP contribution in [0.2, 0.25) is 0 Å². The van der Waals surface area contributed by atoms with Crippen molar-refractivity contribution in [2.24, 2.45) is 0 Å². The van der Waals surface area contributed by atoms with Gasteiger partial charge in [0, 0.05) is 43.1 Å². The van der Waals surface area contributed by atoms with Gasteiger partial charge in [0.15, 0.2) is 6.61 Å². The lowest BCUT2D eigenvalue weighted by molar-refractivity contribution is 0.0474. The lowest BCUT2D eigenvalue weighted by Crippen LogP contribution is -2.21. The molecule has 0 unspecified atom stereocenters. The second-order valence-corrected chi connectivity index (χ2v) is 8.85. The van der Waals surface area contributed by atoms with Crippen LogP contribution in [0.3, 0.4) is 0 Å². The number of Topliss-reactive ketones (excluding diaryl/α,β-unsaturated/α-hetero) is 1. The third kappa shape index (κ3) is 3.99.